The topological polar surface area (TPSA) is 58.2 Å². The minimum atomic E-state index is -0.0336. The molecule has 2 aliphatic rings. The summed E-state index contributed by atoms with van der Waals surface area (Å²) in [6, 6.07) is 0.310. The summed E-state index contributed by atoms with van der Waals surface area (Å²) < 4.78 is 0. The van der Waals surface area contributed by atoms with Crippen molar-refractivity contribution >= 4 is 11.8 Å². The molecule has 20 heavy (non-hydrogen) atoms. The molecule has 0 aromatic carbocycles. The summed E-state index contributed by atoms with van der Waals surface area (Å²) >= 11 is 0. The van der Waals surface area contributed by atoms with Crippen LogP contribution >= 0.6 is 0 Å². The average molecular weight is 280 g/mol. The maximum atomic E-state index is 11.9. The summed E-state index contributed by atoms with van der Waals surface area (Å²) in [6.45, 7) is 2.41. The van der Waals surface area contributed by atoms with Crippen molar-refractivity contribution in [1.29, 1.82) is 0 Å². The molecule has 0 bridgehead atoms. The van der Waals surface area contributed by atoms with Gasteiger partial charge in [0.1, 0.15) is 0 Å². The smallest absolute Gasteiger partial charge is 0.239 e. The first kappa shape index (κ1) is 15.3. The lowest BCUT2D eigenvalue weighted by Gasteiger charge is -2.27. The molecular formula is C16H28N2O2. The molecule has 114 valence electrons. The van der Waals surface area contributed by atoms with Crippen molar-refractivity contribution in [3.05, 3.63) is 0 Å². The molecule has 2 fully saturated rings. The maximum Gasteiger partial charge on any atom is 0.239 e. The quantitative estimate of drug-likeness (QED) is 0.830. The molecule has 2 rings (SSSR count). The molecule has 0 spiro atoms. The molecule has 2 saturated carbocycles. The molecule has 0 aromatic rings. The molecule has 2 N–H and O–H groups in total. The molecule has 0 aliphatic heterocycles. The van der Waals surface area contributed by atoms with Crippen LogP contribution < -0.4 is 10.6 Å². The number of hydrogen-bond acceptors (Lipinski definition) is 2. The van der Waals surface area contributed by atoms with Gasteiger partial charge >= 0.3 is 0 Å². The van der Waals surface area contributed by atoms with Crippen molar-refractivity contribution in [3.8, 4) is 0 Å². The first-order valence-electron chi connectivity index (χ1n) is 8.22. The van der Waals surface area contributed by atoms with E-state index in [-0.39, 0.29) is 24.3 Å². The van der Waals surface area contributed by atoms with Gasteiger partial charge in [-0.1, -0.05) is 26.2 Å². The predicted molar refractivity (Wildman–Crippen MR) is 79.1 cm³/mol. The molecule has 4 nitrogen and oxygen atoms in total. The Morgan fingerprint density at radius 1 is 0.950 bits per heavy atom. The number of amides is 2. The van der Waals surface area contributed by atoms with E-state index in [2.05, 4.69) is 17.6 Å². The van der Waals surface area contributed by atoms with E-state index < -0.39 is 0 Å². The number of carbonyl (C=O) groups excluding carboxylic acids is 2. The predicted octanol–water partition coefficient (Wildman–Crippen LogP) is 2.38. The Morgan fingerprint density at radius 3 is 2.25 bits per heavy atom. The maximum absolute atomic E-state index is 11.9. The van der Waals surface area contributed by atoms with E-state index in [9.17, 15) is 9.59 Å². The van der Waals surface area contributed by atoms with Crippen molar-refractivity contribution in [1.82, 2.24) is 10.6 Å². The fourth-order valence-electron chi connectivity index (χ4n) is 3.36. The van der Waals surface area contributed by atoms with Gasteiger partial charge in [0, 0.05) is 12.0 Å². The van der Waals surface area contributed by atoms with Crippen molar-refractivity contribution in [3.63, 3.8) is 0 Å². The Kier molecular flexibility index (Phi) is 5.86. The minimum absolute atomic E-state index is 0.0336. The Labute approximate surface area is 122 Å². The van der Waals surface area contributed by atoms with Crippen LogP contribution in [-0.2, 0) is 9.59 Å². The summed E-state index contributed by atoms with van der Waals surface area (Å²) in [5.41, 5.74) is 0. The van der Waals surface area contributed by atoms with Crippen LogP contribution in [0, 0.1) is 11.8 Å². The lowest BCUT2D eigenvalue weighted by atomic mass is 9.87. The zero-order valence-electron chi connectivity index (χ0n) is 12.6. The molecule has 2 amide bonds. The van der Waals surface area contributed by atoms with Gasteiger partial charge < -0.3 is 10.6 Å². The van der Waals surface area contributed by atoms with Gasteiger partial charge in [-0.3, -0.25) is 9.59 Å². The van der Waals surface area contributed by atoms with Crippen molar-refractivity contribution in [2.75, 3.05) is 6.54 Å². The highest BCUT2D eigenvalue weighted by Crippen LogP contribution is 2.24. The van der Waals surface area contributed by atoms with E-state index in [1.165, 1.54) is 19.3 Å². The Bertz CT molecular complexity index is 329. The second-order valence-corrected chi connectivity index (χ2v) is 6.58. The number of carbonyl (C=O) groups is 2. The van der Waals surface area contributed by atoms with Gasteiger partial charge in [-0.15, -0.1) is 0 Å². The van der Waals surface area contributed by atoms with Crippen LogP contribution in [0.1, 0.15) is 64.7 Å². The molecule has 0 atom stereocenters. The van der Waals surface area contributed by atoms with Crippen molar-refractivity contribution in [2.24, 2.45) is 11.8 Å². The standard InChI is InChI=1S/C16H28N2O2/c1-12-7-9-14(10-8-12)18-15(19)11-17-16(20)13-5-3-2-4-6-13/h12-14H,2-11H2,1H3,(H,17,20)(H,18,19). The monoisotopic (exact) mass is 280 g/mol. The van der Waals surface area contributed by atoms with Crippen LogP contribution in [0.2, 0.25) is 0 Å². The fraction of sp³-hybridized carbons (Fsp3) is 0.875. The third-order valence-electron chi connectivity index (χ3n) is 4.78. The van der Waals surface area contributed by atoms with E-state index in [0.717, 1.165) is 44.4 Å². The largest absolute Gasteiger partial charge is 0.352 e. The molecular weight excluding hydrogens is 252 g/mol. The summed E-state index contributed by atoms with van der Waals surface area (Å²) in [6.07, 6.45) is 10.0. The van der Waals surface area contributed by atoms with Crippen LogP contribution in [0.3, 0.4) is 0 Å². The highest BCUT2D eigenvalue weighted by molar-refractivity contribution is 5.85. The van der Waals surface area contributed by atoms with Crippen LogP contribution in [0.4, 0.5) is 0 Å². The second-order valence-electron chi connectivity index (χ2n) is 6.58. The molecule has 0 saturated heterocycles. The first-order chi connectivity index (χ1) is 9.65. The average Bonchev–Trinajstić information content (AvgIpc) is 2.48. The summed E-state index contributed by atoms with van der Waals surface area (Å²) in [5, 5.41) is 5.84. The Balaban J connectivity index is 1.63. The van der Waals surface area contributed by atoms with Crippen LogP contribution in [0.25, 0.3) is 0 Å². The Morgan fingerprint density at radius 2 is 1.60 bits per heavy atom. The molecule has 0 aromatic heterocycles. The molecule has 0 radical (unpaired) electrons. The summed E-state index contributed by atoms with van der Waals surface area (Å²) in [7, 11) is 0. The number of hydrogen-bond donors (Lipinski definition) is 2. The van der Waals surface area contributed by atoms with Crippen LogP contribution in [0.15, 0.2) is 0 Å². The van der Waals surface area contributed by atoms with Crippen molar-refractivity contribution in [2.45, 2.75) is 70.8 Å². The molecule has 4 heteroatoms. The molecule has 0 heterocycles. The highest BCUT2D eigenvalue weighted by Gasteiger charge is 2.22. The zero-order valence-corrected chi connectivity index (χ0v) is 12.6. The van der Waals surface area contributed by atoms with Gasteiger partial charge in [0.25, 0.3) is 0 Å². The van der Waals surface area contributed by atoms with E-state index in [0.29, 0.717) is 6.04 Å². The van der Waals surface area contributed by atoms with Gasteiger partial charge in [-0.25, -0.2) is 0 Å². The zero-order chi connectivity index (χ0) is 14.4. The lowest BCUT2D eigenvalue weighted by molar-refractivity contribution is -0.129. The Hall–Kier alpha value is -1.06. The first-order valence-corrected chi connectivity index (χ1v) is 8.22. The summed E-state index contributed by atoms with van der Waals surface area (Å²) in [5.74, 6) is 0.951. The molecule has 2 aliphatic carbocycles. The number of rotatable bonds is 4. The third kappa shape index (κ3) is 4.80. The number of nitrogens with one attached hydrogen (secondary N) is 2. The minimum Gasteiger partial charge on any atom is -0.352 e. The lowest BCUT2D eigenvalue weighted by Crippen LogP contribution is -2.44. The van der Waals surface area contributed by atoms with Gasteiger partial charge in [-0.2, -0.15) is 0 Å². The van der Waals surface area contributed by atoms with Gasteiger partial charge in [-0.05, 0) is 44.4 Å². The third-order valence-corrected chi connectivity index (χ3v) is 4.78. The van der Waals surface area contributed by atoms with Crippen LogP contribution in [0.5, 0.6) is 0 Å². The van der Waals surface area contributed by atoms with Gasteiger partial charge in [0.05, 0.1) is 6.54 Å². The highest BCUT2D eigenvalue weighted by atomic mass is 16.2. The van der Waals surface area contributed by atoms with Crippen molar-refractivity contribution < 1.29 is 9.59 Å². The summed E-state index contributed by atoms with van der Waals surface area (Å²) in [4.78, 5) is 23.8. The SMILES string of the molecule is CC1CCC(NC(=O)CNC(=O)C2CCCCC2)CC1. The fourth-order valence-corrected chi connectivity index (χ4v) is 3.36. The van der Waals surface area contributed by atoms with E-state index in [4.69, 9.17) is 0 Å². The van der Waals surface area contributed by atoms with Gasteiger partial charge in [0.15, 0.2) is 0 Å². The van der Waals surface area contributed by atoms with E-state index >= 15 is 0 Å². The normalized spacial score (nSPS) is 27.9. The van der Waals surface area contributed by atoms with E-state index in [1.807, 2.05) is 0 Å². The van der Waals surface area contributed by atoms with Crippen LogP contribution in [-0.4, -0.2) is 24.4 Å². The van der Waals surface area contributed by atoms with E-state index in [1.54, 1.807) is 0 Å². The molecule has 0 unspecified atom stereocenters. The van der Waals surface area contributed by atoms with Gasteiger partial charge in [0.2, 0.25) is 11.8 Å². The second kappa shape index (κ2) is 7.65.